The molecule has 4 aromatic rings. The molecule has 43 heavy (non-hydrogen) atoms. The first kappa shape index (κ1) is 32.4. The predicted molar refractivity (Wildman–Crippen MR) is 181 cm³/mol. The summed E-state index contributed by atoms with van der Waals surface area (Å²) in [6.07, 6.45) is 17.2. The Kier molecular flexibility index (Phi) is 13.7. The van der Waals surface area contributed by atoms with E-state index in [2.05, 4.69) is 43.9 Å². The molecule has 0 bridgehead atoms. The molecule has 4 aromatic carbocycles. The molecule has 0 saturated heterocycles. The van der Waals surface area contributed by atoms with E-state index >= 15 is 4.39 Å². The molecular weight excluding hydrogens is 531 g/mol. The summed E-state index contributed by atoms with van der Waals surface area (Å²) in [5.74, 6) is 7.59. The highest BCUT2D eigenvalue weighted by molar-refractivity contribution is 5.91. The Morgan fingerprint density at radius 3 is 1.81 bits per heavy atom. The first-order valence-corrected chi connectivity index (χ1v) is 16.7. The van der Waals surface area contributed by atoms with Gasteiger partial charge in [0.05, 0.1) is 18.8 Å². The van der Waals surface area contributed by atoms with Gasteiger partial charge in [0.1, 0.15) is 5.75 Å². The lowest BCUT2D eigenvalue weighted by atomic mass is 10.0. The normalized spacial score (nSPS) is 11.0. The summed E-state index contributed by atoms with van der Waals surface area (Å²) in [5.41, 5.74) is 1.75. The average molecular weight is 581 g/mol. The van der Waals surface area contributed by atoms with E-state index in [1.54, 1.807) is 6.07 Å². The van der Waals surface area contributed by atoms with Gasteiger partial charge in [-0.25, -0.2) is 4.39 Å². The highest BCUT2D eigenvalue weighted by atomic mass is 19.1. The first-order valence-electron chi connectivity index (χ1n) is 16.7. The Morgan fingerprint density at radius 2 is 1.12 bits per heavy atom. The number of rotatable bonds is 18. The van der Waals surface area contributed by atoms with Crippen LogP contribution in [0.2, 0.25) is 0 Å². The molecular formula is C40H49FO2. The number of unbranched alkanes of at least 4 members (excludes halogenated alkanes) is 12. The maximum atomic E-state index is 15.3. The minimum absolute atomic E-state index is 0.296. The molecule has 0 radical (unpaired) electrons. The van der Waals surface area contributed by atoms with E-state index in [0.29, 0.717) is 24.3 Å². The molecule has 0 heterocycles. The molecule has 0 aromatic heterocycles. The summed E-state index contributed by atoms with van der Waals surface area (Å²) in [6, 6.07) is 21.8. The Morgan fingerprint density at radius 1 is 0.535 bits per heavy atom. The topological polar surface area (TPSA) is 18.5 Å². The Labute approximate surface area is 259 Å². The zero-order valence-corrected chi connectivity index (χ0v) is 26.4. The monoisotopic (exact) mass is 580 g/mol. The van der Waals surface area contributed by atoms with Gasteiger partial charge in [-0.2, -0.15) is 0 Å². The van der Waals surface area contributed by atoms with Gasteiger partial charge in [-0.05, 0) is 47.9 Å². The van der Waals surface area contributed by atoms with E-state index < -0.39 is 0 Å². The van der Waals surface area contributed by atoms with Crippen LogP contribution in [0.5, 0.6) is 11.5 Å². The lowest BCUT2D eigenvalue weighted by Crippen LogP contribution is -2.00. The van der Waals surface area contributed by atoms with E-state index in [1.165, 1.54) is 70.6 Å². The fourth-order valence-electron chi connectivity index (χ4n) is 5.58. The van der Waals surface area contributed by atoms with Crippen LogP contribution in [0.15, 0.2) is 66.7 Å². The summed E-state index contributed by atoms with van der Waals surface area (Å²) < 4.78 is 27.3. The van der Waals surface area contributed by atoms with Crippen LogP contribution in [0.3, 0.4) is 0 Å². The molecule has 0 aliphatic heterocycles. The quantitative estimate of drug-likeness (QED) is 0.0861. The summed E-state index contributed by atoms with van der Waals surface area (Å²) >= 11 is 0. The third kappa shape index (κ3) is 10.0. The number of hydrogen-bond acceptors (Lipinski definition) is 2. The Balaban J connectivity index is 1.41. The average Bonchev–Trinajstić information content (AvgIpc) is 3.03. The van der Waals surface area contributed by atoms with E-state index in [9.17, 15) is 0 Å². The highest BCUT2D eigenvalue weighted by Gasteiger charge is 2.10. The van der Waals surface area contributed by atoms with Crippen molar-refractivity contribution in [3.8, 4) is 23.3 Å². The minimum atomic E-state index is -0.296. The van der Waals surface area contributed by atoms with Crippen molar-refractivity contribution in [2.45, 2.75) is 104 Å². The molecule has 3 heteroatoms. The van der Waals surface area contributed by atoms with Crippen molar-refractivity contribution in [3.05, 3.63) is 83.7 Å². The number of fused-ring (bicyclic) bond motifs is 2. The molecule has 0 saturated carbocycles. The summed E-state index contributed by atoms with van der Waals surface area (Å²) in [4.78, 5) is 0. The largest absolute Gasteiger partial charge is 0.492 e. The van der Waals surface area contributed by atoms with Gasteiger partial charge in [-0.3, -0.25) is 0 Å². The molecule has 4 rings (SSSR count). The number of halogens is 1. The van der Waals surface area contributed by atoms with Crippen LogP contribution >= 0.6 is 0 Å². The molecule has 0 unspecified atom stereocenters. The molecule has 2 nitrogen and oxygen atoms in total. The molecule has 0 aliphatic carbocycles. The van der Waals surface area contributed by atoms with E-state index in [4.69, 9.17) is 9.47 Å². The van der Waals surface area contributed by atoms with Crippen molar-refractivity contribution < 1.29 is 13.9 Å². The zero-order valence-electron chi connectivity index (χ0n) is 26.4. The third-order valence-electron chi connectivity index (χ3n) is 8.15. The van der Waals surface area contributed by atoms with Crippen LogP contribution in [0.25, 0.3) is 21.5 Å². The van der Waals surface area contributed by atoms with Crippen molar-refractivity contribution >= 4 is 21.5 Å². The lowest BCUT2D eigenvalue weighted by molar-refractivity contribution is 0.291. The van der Waals surface area contributed by atoms with Crippen molar-refractivity contribution in [3.63, 3.8) is 0 Å². The van der Waals surface area contributed by atoms with Crippen molar-refractivity contribution in [2.75, 3.05) is 13.2 Å². The smallest absolute Gasteiger partial charge is 0.172 e. The molecule has 0 atom stereocenters. The molecule has 228 valence electrons. The van der Waals surface area contributed by atoms with Gasteiger partial charge in [0.15, 0.2) is 11.6 Å². The van der Waals surface area contributed by atoms with Crippen LogP contribution in [-0.4, -0.2) is 13.2 Å². The highest BCUT2D eigenvalue weighted by Crippen LogP contribution is 2.29. The Hall–Kier alpha value is -3.51. The van der Waals surface area contributed by atoms with Gasteiger partial charge >= 0.3 is 0 Å². The van der Waals surface area contributed by atoms with Crippen molar-refractivity contribution in [2.24, 2.45) is 0 Å². The summed E-state index contributed by atoms with van der Waals surface area (Å²) in [5, 5.41) is 3.61. The number of ether oxygens (including phenoxy) is 2. The van der Waals surface area contributed by atoms with E-state index in [-0.39, 0.29) is 5.82 Å². The van der Waals surface area contributed by atoms with Crippen molar-refractivity contribution in [1.82, 2.24) is 0 Å². The first-order chi connectivity index (χ1) is 21.2. The fraction of sp³-hybridized carbons (Fsp3) is 0.450. The lowest BCUT2D eigenvalue weighted by Gasteiger charge is -2.11. The molecule has 0 fully saturated rings. The standard InChI is InChI=1S/C40H49FO2/c1-3-5-7-9-11-13-17-29-42-38-27-23-33-19-15-16-20-35(33)37(38)26-22-32-21-25-36-34(31-32)24-28-39(40(36)41)43-30-18-14-12-10-8-6-4-2/h15-16,19-21,23-25,27-28,31H,3-14,17-18,29-30H2,1-2H3. The van der Waals surface area contributed by atoms with Crippen molar-refractivity contribution in [1.29, 1.82) is 0 Å². The summed E-state index contributed by atoms with van der Waals surface area (Å²) in [7, 11) is 0. The second kappa shape index (κ2) is 18.2. The van der Waals surface area contributed by atoms with Crippen LogP contribution in [0.1, 0.15) is 115 Å². The second-order valence-corrected chi connectivity index (χ2v) is 11.7. The van der Waals surface area contributed by atoms with Gasteiger partial charge in [0.25, 0.3) is 0 Å². The van der Waals surface area contributed by atoms with Crippen LogP contribution < -0.4 is 9.47 Å². The van der Waals surface area contributed by atoms with Gasteiger partial charge in [-0.15, -0.1) is 0 Å². The van der Waals surface area contributed by atoms with E-state index in [1.807, 2.05) is 42.5 Å². The van der Waals surface area contributed by atoms with Crippen LogP contribution in [0.4, 0.5) is 4.39 Å². The predicted octanol–water partition coefficient (Wildman–Crippen LogP) is 11.8. The van der Waals surface area contributed by atoms with Gasteiger partial charge in [0, 0.05) is 16.3 Å². The van der Waals surface area contributed by atoms with Crippen LogP contribution in [0, 0.1) is 17.7 Å². The Bertz CT molecular complexity index is 1480. The van der Waals surface area contributed by atoms with Gasteiger partial charge in [0.2, 0.25) is 0 Å². The maximum absolute atomic E-state index is 15.3. The third-order valence-corrected chi connectivity index (χ3v) is 8.15. The van der Waals surface area contributed by atoms with E-state index in [0.717, 1.165) is 52.3 Å². The maximum Gasteiger partial charge on any atom is 0.172 e. The fourth-order valence-corrected chi connectivity index (χ4v) is 5.58. The number of benzene rings is 4. The zero-order chi connectivity index (χ0) is 30.1. The minimum Gasteiger partial charge on any atom is -0.492 e. The summed E-state index contributed by atoms with van der Waals surface area (Å²) in [6.45, 7) is 5.73. The molecule has 0 aliphatic rings. The van der Waals surface area contributed by atoms with Crippen LogP contribution in [-0.2, 0) is 0 Å². The SMILES string of the molecule is CCCCCCCCCOc1ccc2cc(C#Cc3c(OCCCCCCCCC)ccc4ccccc34)ccc2c1F. The van der Waals surface area contributed by atoms with Gasteiger partial charge in [-0.1, -0.05) is 145 Å². The molecule has 0 amide bonds. The molecule has 0 spiro atoms. The second-order valence-electron chi connectivity index (χ2n) is 11.7. The van der Waals surface area contributed by atoms with Gasteiger partial charge < -0.3 is 9.47 Å². The molecule has 0 N–H and O–H groups in total. The number of hydrogen-bond donors (Lipinski definition) is 0.